The van der Waals surface area contributed by atoms with E-state index in [2.05, 4.69) is 0 Å². The van der Waals surface area contributed by atoms with E-state index in [0.717, 1.165) is 24.1 Å². The zero-order valence-corrected chi connectivity index (χ0v) is 15.9. The zero-order chi connectivity index (χ0) is 18.7. The Labute approximate surface area is 159 Å². The molecule has 0 bridgehead atoms. The molecular formula is C21H23ClN2O2. The molecule has 5 heteroatoms. The molecule has 136 valence electrons. The number of carbonyl (C=O) groups excluding carboxylic acids is 2. The van der Waals surface area contributed by atoms with Crippen LogP contribution in [-0.4, -0.2) is 35.2 Å². The van der Waals surface area contributed by atoms with Crippen molar-refractivity contribution in [2.45, 2.75) is 32.4 Å². The minimum atomic E-state index is -0.127. The van der Waals surface area contributed by atoms with Gasteiger partial charge in [-0.05, 0) is 42.7 Å². The van der Waals surface area contributed by atoms with Gasteiger partial charge in [-0.1, -0.05) is 41.9 Å². The molecule has 3 rings (SSSR count). The van der Waals surface area contributed by atoms with E-state index in [1.807, 2.05) is 60.4 Å². The first-order valence-electron chi connectivity index (χ1n) is 8.85. The van der Waals surface area contributed by atoms with Crippen LogP contribution in [0, 0.1) is 0 Å². The Morgan fingerprint density at radius 3 is 2.50 bits per heavy atom. The molecule has 4 nitrogen and oxygen atoms in total. The van der Waals surface area contributed by atoms with E-state index in [9.17, 15) is 9.59 Å². The molecule has 1 aliphatic heterocycles. The van der Waals surface area contributed by atoms with Crippen LogP contribution in [0.2, 0.25) is 5.02 Å². The first-order valence-corrected chi connectivity index (χ1v) is 9.23. The third-order valence-corrected chi connectivity index (χ3v) is 5.35. The number of hydrogen-bond acceptors (Lipinski definition) is 2. The molecule has 2 aromatic carbocycles. The Hall–Kier alpha value is -2.33. The van der Waals surface area contributed by atoms with Crippen LogP contribution < -0.4 is 0 Å². The maximum absolute atomic E-state index is 12.8. The van der Waals surface area contributed by atoms with Gasteiger partial charge in [-0.15, -0.1) is 0 Å². The summed E-state index contributed by atoms with van der Waals surface area (Å²) in [4.78, 5) is 28.1. The van der Waals surface area contributed by atoms with Crippen molar-refractivity contribution in [3.8, 4) is 0 Å². The second kappa shape index (κ2) is 7.92. The Bertz CT molecular complexity index is 804. The van der Waals surface area contributed by atoms with Gasteiger partial charge in [-0.25, -0.2) is 0 Å². The summed E-state index contributed by atoms with van der Waals surface area (Å²) in [5.41, 5.74) is 2.59. The normalized spacial score (nSPS) is 15.2. The molecule has 1 heterocycles. The van der Waals surface area contributed by atoms with Crippen LogP contribution in [0.15, 0.2) is 48.5 Å². The first-order chi connectivity index (χ1) is 12.5. The number of nitrogens with zero attached hydrogens (tertiary/aromatic N) is 2. The summed E-state index contributed by atoms with van der Waals surface area (Å²) in [5.74, 6) is 0.152. The summed E-state index contributed by atoms with van der Waals surface area (Å²) >= 11 is 6.26. The van der Waals surface area contributed by atoms with Crippen molar-refractivity contribution < 1.29 is 9.59 Å². The van der Waals surface area contributed by atoms with Crippen LogP contribution in [0.5, 0.6) is 0 Å². The minimum absolute atomic E-state index is 0.0544. The molecule has 0 aromatic heterocycles. The molecule has 1 atom stereocenters. The van der Waals surface area contributed by atoms with Gasteiger partial charge in [0.1, 0.15) is 0 Å². The number of hydrogen-bond donors (Lipinski definition) is 0. The van der Waals surface area contributed by atoms with Crippen molar-refractivity contribution in [2.24, 2.45) is 0 Å². The third kappa shape index (κ3) is 3.91. The van der Waals surface area contributed by atoms with Gasteiger partial charge in [0.25, 0.3) is 5.91 Å². The smallest absolute Gasteiger partial charge is 0.254 e. The summed E-state index contributed by atoms with van der Waals surface area (Å²) < 4.78 is 0. The van der Waals surface area contributed by atoms with Crippen LogP contribution in [0.25, 0.3) is 0 Å². The molecule has 1 aliphatic rings. The topological polar surface area (TPSA) is 40.6 Å². The molecule has 0 saturated carbocycles. The maximum Gasteiger partial charge on any atom is 0.254 e. The first kappa shape index (κ1) is 18.5. The monoisotopic (exact) mass is 370 g/mol. The summed E-state index contributed by atoms with van der Waals surface area (Å²) in [6.45, 7) is 3.39. The van der Waals surface area contributed by atoms with Crippen molar-refractivity contribution >= 4 is 23.4 Å². The molecule has 2 amide bonds. The molecule has 0 aliphatic carbocycles. The number of likely N-dealkylation sites (tertiary alicyclic amines) is 1. The standard InChI is InChI=1S/C21H23ClN2O2/c1-15(18-6-3-4-7-19(18)22)23(2)21(26)17-11-9-16(10-12-17)14-24-13-5-8-20(24)25/h3-4,6-7,9-12,15H,5,8,13-14H2,1-2H3. The second-order valence-electron chi connectivity index (χ2n) is 6.73. The van der Waals surface area contributed by atoms with Crippen LogP contribution >= 0.6 is 11.6 Å². The average molecular weight is 371 g/mol. The van der Waals surface area contributed by atoms with E-state index in [1.54, 1.807) is 11.9 Å². The van der Waals surface area contributed by atoms with Gasteiger partial charge in [-0.2, -0.15) is 0 Å². The Morgan fingerprint density at radius 2 is 1.88 bits per heavy atom. The SMILES string of the molecule is CC(c1ccccc1Cl)N(C)C(=O)c1ccc(CN2CCCC2=O)cc1. The van der Waals surface area contributed by atoms with E-state index in [4.69, 9.17) is 11.6 Å². The highest BCUT2D eigenvalue weighted by Gasteiger charge is 2.22. The van der Waals surface area contributed by atoms with Crippen molar-refractivity contribution in [3.63, 3.8) is 0 Å². The average Bonchev–Trinajstić information content (AvgIpc) is 3.05. The lowest BCUT2D eigenvalue weighted by Crippen LogP contribution is -2.30. The molecule has 1 unspecified atom stereocenters. The zero-order valence-electron chi connectivity index (χ0n) is 15.1. The molecule has 0 N–H and O–H groups in total. The summed E-state index contributed by atoms with van der Waals surface area (Å²) in [6.07, 6.45) is 1.57. The van der Waals surface area contributed by atoms with Gasteiger partial charge < -0.3 is 9.80 Å². The van der Waals surface area contributed by atoms with Crippen LogP contribution in [0.4, 0.5) is 0 Å². The van der Waals surface area contributed by atoms with E-state index in [0.29, 0.717) is 23.6 Å². The van der Waals surface area contributed by atoms with Crippen molar-refractivity contribution in [2.75, 3.05) is 13.6 Å². The van der Waals surface area contributed by atoms with Crippen LogP contribution in [-0.2, 0) is 11.3 Å². The Kier molecular flexibility index (Phi) is 5.62. The van der Waals surface area contributed by atoms with E-state index in [1.165, 1.54) is 0 Å². The van der Waals surface area contributed by atoms with Crippen molar-refractivity contribution in [3.05, 3.63) is 70.2 Å². The number of carbonyl (C=O) groups is 2. The highest BCUT2D eigenvalue weighted by atomic mass is 35.5. The third-order valence-electron chi connectivity index (χ3n) is 5.00. The predicted molar refractivity (Wildman–Crippen MR) is 103 cm³/mol. The quantitative estimate of drug-likeness (QED) is 0.787. The summed E-state index contributed by atoms with van der Waals surface area (Å²) in [5, 5.41) is 0.658. The van der Waals surface area contributed by atoms with Gasteiger partial charge in [0.15, 0.2) is 0 Å². The summed E-state index contributed by atoms with van der Waals surface area (Å²) in [7, 11) is 1.78. The molecule has 1 fully saturated rings. The van der Waals surface area contributed by atoms with E-state index in [-0.39, 0.29) is 17.9 Å². The molecule has 1 saturated heterocycles. The Balaban J connectivity index is 1.69. The van der Waals surface area contributed by atoms with Crippen molar-refractivity contribution in [1.29, 1.82) is 0 Å². The van der Waals surface area contributed by atoms with Crippen molar-refractivity contribution in [1.82, 2.24) is 9.80 Å². The van der Waals surface area contributed by atoms with Crippen LogP contribution in [0.3, 0.4) is 0 Å². The van der Waals surface area contributed by atoms with Gasteiger partial charge >= 0.3 is 0 Å². The molecule has 0 spiro atoms. The fourth-order valence-electron chi connectivity index (χ4n) is 3.25. The lowest BCUT2D eigenvalue weighted by Gasteiger charge is -2.26. The minimum Gasteiger partial charge on any atom is -0.338 e. The van der Waals surface area contributed by atoms with Gasteiger partial charge in [0, 0.05) is 37.1 Å². The highest BCUT2D eigenvalue weighted by Crippen LogP contribution is 2.27. The van der Waals surface area contributed by atoms with Crippen LogP contribution in [0.1, 0.15) is 47.3 Å². The molecule has 2 aromatic rings. The molecule has 26 heavy (non-hydrogen) atoms. The molecule has 0 radical (unpaired) electrons. The lowest BCUT2D eigenvalue weighted by molar-refractivity contribution is -0.128. The molecular weight excluding hydrogens is 348 g/mol. The number of rotatable bonds is 5. The largest absolute Gasteiger partial charge is 0.338 e. The fourth-order valence-corrected chi connectivity index (χ4v) is 3.54. The number of halogens is 1. The van der Waals surface area contributed by atoms with Gasteiger partial charge in [0.05, 0.1) is 6.04 Å². The predicted octanol–water partition coefficient (Wildman–Crippen LogP) is 4.30. The number of benzene rings is 2. The highest BCUT2D eigenvalue weighted by molar-refractivity contribution is 6.31. The number of amides is 2. The van der Waals surface area contributed by atoms with E-state index < -0.39 is 0 Å². The summed E-state index contributed by atoms with van der Waals surface area (Å²) in [6, 6.07) is 14.9. The van der Waals surface area contributed by atoms with Gasteiger partial charge in [-0.3, -0.25) is 9.59 Å². The fraction of sp³-hybridized carbons (Fsp3) is 0.333. The maximum atomic E-state index is 12.8. The Morgan fingerprint density at radius 1 is 1.19 bits per heavy atom. The lowest BCUT2D eigenvalue weighted by atomic mass is 10.1. The van der Waals surface area contributed by atoms with E-state index >= 15 is 0 Å². The second-order valence-corrected chi connectivity index (χ2v) is 7.14. The van der Waals surface area contributed by atoms with Gasteiger partial charge in [0.2, 0.25) is 5.91 Å².